The molecule has 0 bridgehead atoms. The first-order valence-electron chi connectivity index (χ1n) is 3.21. The zero-order valence-corrected chi connectivity index (χ0v) is 6.60. The van der Waals surface area contributed by atoms with Crippen molar-refractivity contribution in [2.45, 2.75) is 26.1 Å². The predicted molar refractivity (Wildman–Crippen MR) is 40.7 cm³/mol. The minimum atomic E-state index is -0.581. The highest BCUT2D eigenvalue weighted by Crippen LogP contribution is 1.97. The monoisotopic (exact) mass is 150 g/mol. The van der Waals surface area contributed by atoms with Crippen LogP contribution in [0.15, 0.2) is 0 Å². The standard InChI is InChI=1S/C6H14O2S/c1-2-3-6(7)8-4-5-9/h6-7,9H,2-5H2,1H3. The Morgan fingerprint density at radius 1 is 1.67 bits per heavy atom. The average Bonchev–Trinajstić information content (AvgIpc) is 1.85. The summed E-state index contributed by atoms with van der Waals surface area (Å²) >= 11 is 3.93. The van der Waals surface area contributed by atoms with Gasteiger partial charge in [0.15, 0.2) is 6.29 Å². The van der Waals surface area contributed by atoms with E-state index in [4.69, 9.17) is 9.84 Å². The summed E-state index contributed by atoms with van der Waals surface area (Å²) in [4.78, 5) is 0. The van der Waals surface area contributed by atoms with Crippen molar-refractivity contribution in [3.63, 3.8) is 0 Å². The van der Waals surface area contributed by atoms with E-state index in [1.807, 2.05) is 6.92 Å². The molecular formula is C6H14O2S. The Morgan fingerprint density at radius 2 is 2.33 bits per heavy atom. The van der Waals surface area contributed by atoms with Crippen LogP contribution in [-0.4, -0.2) is 23.8 Å². The molecular weight excluding hydrogens is 136 g/mol. The highest BCUT2D eigenvalue weighted by Gasteiger charge is 1.98. The lowest BCUT2D eigenvalue weighted by molar-refractivity contribution is -0.0975. The summed E-state index contributed by atoms with van der Waals surface area (Å²) in [6.07, 6.45) is 1.09. The molecule has 1 unspecified atom stereocenters. The minimum Gasteiger partial charge on any atom is -0.368 e. The number of rotatable bonds is 5. The molecule has 0 saturated heterocycles. The third kappa shape index (κ3) is 6.15. The van der Waals surface area contributed by atoms with Crippen LogP contribution in [0.2, 0.25) is 0 Å². The van der Waals surface area contributed by atoms with Gasteiger partial charge in [0.2, 0.25) is 0 Å². The molecule has 0 heterocycles. The van der Waals surface area contributed by atoms with Crippen molar-refractivity contribution in [2.24, 2.45) is 0 Å². The Kier molecular flexibility index (Phi) is 6.58. The second kappa shape index (κ2) is 6.39. The van der Waals surface area contributed by atoms with Crippen LogP contribution in [0.1, 0.15) is 19.8 Å². The van der Waals surface area contributed by atoms with Crippen molar-refractivity contribution in [3.05, 3.63) is 0 Å². The van der Waals surface area contributed by atoms with Gasteiger partial charge in [-0.1, -0.05) is 13.3 Å². The number of aliphatic hydroxyl groups excluding tert-OH is 1. The fourth-order valence-electron chi connectivity index (χ4n) is 0.519. The summed E-state index contributed by atoms with van der Waals surface area (Å²) in [5.41, 5.74) is 0. The number of ether oxygens (including phenoxy) is 1. The summed E-state index contributed by atoms with van der Waals surface area (Å²) < 4.78 is 4.91. The van der Waals surface area contributed by atoms with Gasteiger partial charge >= 0.3 is 0 Å². The number of thiol groups is 1. The van der Waals surface area contributed by atoms with E-state index in [-0.39, 0.29) is 0 Å². The molecule has 0 aliphatic rings. The molecule has 0 aliphatic carbocycles. The molecule has 0 rings (SSSR count). The predicted octanol–water partition coefficient (Wildman–Crippen LogP) is 1.05. The van der Waals surface area contributed by atoms with Gasteiger partial charge in [0.25, 0.3) is 0 Å². The normalized spacial score (nSPS) is 13.7. The third-order valence-electron chi connectivity index (χ3n) is 0.937. The summed E-state index contributed by atoms with van der Waals surface area (Å²) in [6, 6.07) is 0. The summed E-state index contributed by atoms with van der Waals surface area (Å²) in [5, 5.41) is 8.92. The number of hydrogen-bond acceptors (Lipinski definition) is 3. The Morgan fingerprint density at radius 3 is 2.78 bits per heavy atom. The van der Waals surface area contributed by atoms with Crippen LogP contribution < -0.4 is 0 Å². The van der Waals surface area contributed by atoms with Gasteiger partial charge in [-0.15, -0.1) is 0 Å². The quantitative estimate of drug-likeness (QED) is 0.453. The lowest BCUT2D eigenvalue weighted by Gasteiger charge is -2.08. The van der Waals surface area contributed by atoms with Crippen LogP contribution in [-0.2, 0) is 4.74 Å². The van der Waals surface area contributed by atoms with E-state index in [0.29, 0.717) is 18.8 Å². The molecule has 0 saturated carbocycles. The largest absolute Gasteiger partial charge is 0.368 e. The Labute approximate surface area is 61.6 Å². The topological polar surface area (TPSA) is 29.5 Å². The van der Waals surface area contributed by atoms with Gasteiger partial charge in [0.05, 0.1) is 6.61 Å². The van der Waals surface area contributed by atoms with E-state index in [1.165, 1.54) is 0 Å². The first-order chi connectivity index (χ1) is 4.31. The zero-order chi connectivity index (χ0) is 7.11. The van der Waals surface area contributed by atoms with E-state index in [2.05, 4.69) is 12.6 Å². The van der Waals surface area contributed by atoms with Crippen molar-refractivity contribution in [2.75, 3.05) is 12.4 Å². The molecule has 1 atom stereocenters. The second-order valence-electron chi connectivity index (χ2n) is 1.84. The fraction of sp³-hybridized carbons (Fsp3) is 1.00. The molecule has 0 aliphatic heterocycles. The van der Waals surface area contributed by atoms with Gasteiger partial charge in [0, 0.05) is 5.75 Å². The molecule has 0 aromatic carbocycles. The lowest BCUT2D eigenvalue weighted by atomic mass is 10.3. The van der Waals surface area contributed by atoms with Crippen molar-refractivity contribution >= 4 is 12.6 Å². The zero-order valence-electron chi connectivity index (χ0n) is 5.71. The van der Waals surface area contributed by atoms with Gasteiger partial charge in [-0.05, 0) is 6.42 Å². The van der Waals surface area contributed by atoms with Crippen LogP contribution in [0.4, 0.5) is 0 Å². The fourth-order valence-corrected chi connectivity index (χ4v) is 0.624. The van der Waals surface area contributed by atoms with E-state index < -0.39 is 6.29 Å². The third-order valence-corrected chi connectivity index (χ3v) is 1.12. The first kappa shape index (κ1) is 9.27. The molecule has 2 nitrogen and oxygen atoms in total. The molecule has 9 heavy (non-hydrogen) atoms. The van der Waals surface area contributed by atoms with Gasteiger partial charge in [-0.2, -0.15) is 12.6 Å². The van der Waals surface area contributed by atoms with E-state index in [0.717, 1.165) is 6.42 Å². The SMILES string of the molecule is CCCC(O)OCCS. The van der Waals surface area contributed by atoms with Crippen molar-refractivity contribution in [1.29, 1.82) is 0 Å². The smallest absolute Gasteiger partial charge is 0.154 e. The average molecular weight is 150 g/mol. The number of hydrogen-bond donors (Lipinski definition) is 2. The van der Waals surface area contributed by atoms with E-state index in [9.17, 15) is 0 Å². The number of aliphatic hydroxyl groups is 1. The molecule has 3 heteroatoms. The molecule has 0 amide bonds. The molecule has 0 aromatic rings. The van der Waals surface area contributed by atoms with Gasteiger partial charge < -0.3 is 9.84 Å². The molecule has 0 fully saturated rings. The van der Waals surface area contributed by atoms with Crippen LogP contribution in [0, 0.1) is 0 Å². The van der Waals surface area contributed by atoms with Crippen LogP contribution >= 0.6 is 12.6 Å². The van der Waals surface area contributed by atoms with Gasteiger partial charge in [-0.3, -0.25) is 0 Å². The Balaban J connectivity index is 2.95. The summed E-state index contributed by atoms with van der Waals surface area (Å²) in [7, 11) is 0. The minimum absolute atomic E-state index is 0.532. The highest BCUT2D eigenvalue weighted by molar-refractivity contribution is 7.80. The molecule has 0 aromatic heterocycles. The Hall–Kier alpha value is 0.270. The summed E-state index contributed by atoms with van der Waals surface area (Å²) in [6.45, 7) is 2.54. The van der Waals surface area contributed by atoms with Crippen molar-refractivity contribution in [1.82, 2.24) is 0 Å². The van der Waals surface area contributed by atoms with Crippen molar-refractivity contribution < 1.29 is 9.84 Å². The van der Waals surface area contributed by atoms with Gasteiger partial charge in [-0.25, -0.2) is 0 Å². The first-order valence-corrected chi connectivity index (χ1v) is 3.85. The van der Waals surface area contributed by atoms with E-state index >= 15 is 0 Å². The Bertz CT molecular complexity index is 59.0. The van der Waals surface area contributed by atoms with E-state index in [1.54, 1.807) is 0 Å². The molecule has 0 radical (unpaired) electrons. The van der Waals surface area contributed by atoms with Crippen LogP contribution in [0.5, 0.6) is 0 Å². The molecule has 56 valence electrons. The maximum atomic E-state index is 8.92. The van der Waals surface area contributed by atoms with Crippen molar-refractivity contribution in [3.8, 4) is 0 Å². The highest BCUT2D eigenvalue weighted by atomic mass is 32.1. The molecule has 0 spiro atoms. The maximum absolute atomic E-state index is 8.92. The van der Waals surface area contributed by atoms with Gasteiger partial charge in [0.1, 0.15) is 0 Å². The maximum Gasteiger partial charge on any atom is 0.154 e. The second-order valence-corrected chi connectivity index (χ2v) is 2.28. The molecule has 1 N–H and O–H groups in total. The van der Waals surface area contributed by atoms with Crippen LogP contribution in [0.25, 0.3) is 0 Å². The summed E-state index contributed by atoms with van der Waals surface area (Å²) in [5.74, 6) is 0.667. The lowest BCUT2D eigenvalue weighted by Crippen LogP contribution is -2.12. The van der Waals surface area contributed by atoms with Crippen LogP contribution in [0.3, 0.4) is 0 Å².